The van der Waals surface area contributed by atoms with E-state index in [-0.39, 0.29) is 11.6 Å². The molecule has 0 fully saturated rings. The Kier molecular flexibility index (Phi) is 4.95. The third-order valence-electron chi connectivity index (χ3n) is 2.70. The van der Waals surface area contributed by atoms with E-state index in [4.69, 9.17) is 21.4 Å². The van der Waals surface area contributed by atoms with Crippen LogP contribution >= 0.6 is 11.6 Å². The van der Waals surface area contributed by atoms with Crippen molar-refractivity contribution < 1.29 is 19.0 Å². The molecule has 0 saturated carbocycles. The summed E-state index contributed by atoms with van der Waals surface area (Å²) in [6.07, 6.45) is 2.49. The fourth-order valence-electron chi connectivity index (χ4n) is 1.70. The van der Waals surface area contributed by atoms with E-state index in [1.807, 2.05) is 0 Å². The minimum absolute atomic E-state index is 0.0372. The summed E-state index contributed by atoms with van der Waals surface area (Å²) in [5.74, 6) is -0.976. The Morgan fingerprint density at radius 1 is 1.29 bits per heavy atom. The molecule has 0 amide bonds. The molecule has 0 aliphatic carbocycles. The van der Waals surface area contributed by atoms with Crippen LogP contribution in [0.25, 0.3) is 6.08 Å². The van der Waals surface area contributed by atoms with E-state index in [0.717, 1.165) is 11.6 Å². The molecule has 0 atom stereocenters. The second-order valence-electron chi connectivity index (χ2n) is 4.25. The van der Waals surface area contributed by atoms with Gasteiger partial charge in [-0.15, -0.1) is 0 Å². The monoisotopic (exact) mass is 306 g/mol. The van der Waals surface area contributed by atoms with E-state index in [9.17, 15) is 9.18 Å². The van der Waals surface area contributed by atoms with E-state index in [2.05, 4.69) is 0 Å². The van der Waals surface area contributed by atoms with Gasteiger partial charge in [0.1, 0.15) is 18.2 Å². The number of carboxylic acids is 1. The lowest BCUT2D eigenvalue weighted by molar-refractivity contribution is -0.131. The molecule has 0 heterocycles. The number of hydrogen-bond donors (Lipinski definition) is 1. The predicted molar refractivity (Wildman–Crippen MR) is 78.9 cm³/mol. The first-order valence-corrected chi connectivity index (χ1v) is 6.51. The van der Waals surface area contributed by atoms with Crippen molar-refractivity contribution in [2.24, 2.45) is 0 Å². The van der Waals surface area contributed by atoms with Gasteiger partial charge >= 0.3 is 5.97 Å². The highest BCUT2D eigenvalue weighted by molar-refractivity contribution is 6.30. The highest BCUT2D eigenvalue weighted by Crippen LogP contribution is 2.22. The molecule has 108 valence electrons. The predicted octanol–water partition coefficient (Wildman–Crippen LogP) is 4.16. The topological polar surface area (TPSA) is 46.5 Å². The number of ether oxygens (including phenoxy) is 1. The maximum absolute atomic E-state index is 13.1. The van der Waals surface area contributed by atoms with Gasteiger partial charge in [0.05, 0.1) is 5.02 Å². The highest BCUT2D eigenvalue weighted by atomic mass is 35.5. The van der Waals surface area contributed by atoms with Gasteiger partial charge in [0.25, 0.3) is 0 Å². The molecule has 3 nitrogen and oxygen atoms in total. The molecule has 2 rings (SSSR count). The number of carbonyl (C=O) groups is 1. The molecule has 0 radical (unpaired) electrons. The smallest absolute Gasteiger partial charge is 0.328 e. The van der Waals surface area contributed by atoms with Crippen molar-refractivity contribution in [3.8, 4) is 5.75 Å². The Morgan fingerprint density at radius 2 is 2.05 bits per heavy atom. The van der Waals surface area contributed by atoms with Crippen LogP contribution in [0.3, 0.4) is 0 Å². The molecule has 1 N–H and O–H groups in total. The molecule has 0 saturated heterocycles. The average molecular weight is 307 g/mol. The molecule has 0 aliphatic heterocycles. The first kappa shape index (κ1) is 15.1. The number of carboxylic acid groups (broad SMARTS) is 1. The Labute approximate surface area is 126 Å². The largest absolute Gasteiger partial charge is 0.488 e. The molecule has 0 aliphatic rings. The van der Waals surface area contributed by atoms with Crippen LogP contribution in [-0.4, -0.2) is 11.1 Å². The minimum Gasteiger partial charge on any atom is -0.488 e. The van der Waals surface area contributed by atoms with Crippen molar-refractivity contribution in [1.29, 1.82) is 0 Å². The minimum atomic E-state index is -1.03. The molecule has 21 heavy (non-hydrogen) atoms. The zero-order valence-corrected chi connectivity index (χ0v) is 11.7. The van der Waals surface area contributed by atoms with Gasteiger partial charge in [0.2, 0.25) is 0 Å². The maximum atomic E-state index is 13.1. The molecule has 0 bridgehead atoms. The van der Waals surface area contributed by atoms with Crippen molar-refractivity contribution in [1.82, 2.24) is 0 Å². The zero-order chi connectivity index (χ0) is 15.2. The van der Waals surface area contributed by atoms with Crippen LogP contribution in [0.1, 0.15) is 11.1 Å². The second-order valence-corrected chi connectivity index (χ2v) is 4.65. The molecule has 0 aromatic heterocycles. The van der Waals surface area contributed by atoms with Crippen LogP contribution in [0.2, 0.25) is 5.02 Å². The van der Waals surface area contributed by atoms with Crippen LogP contribution < -0.4 is 4.74 Å². The normalized spacial score (nSPS) is 10.8. The summed E-state index contributed by atoms with van der Waals surface area (Å²) in [5, 5.41) is 8.69. The first-order valence-electron chi connectivity index (χ1n) is 6.13. The molecule has 2 aromatic carbocycles. The van der Waals surface area contributed by atoms with Gasteiger partial charge in [-0.25, -0.2) is 9.18 Å². The number of halogens is 2. The Balaban J connectivity index is 2.12. The van der Waals surface area contributed by atoms with E-state index in [1.54, 1.807) is 30.3 Å². The lowest BCUT2D eigenvalue weighted by Gasteiger charge is -2.09. The van der Waals surface area contributed by atoms with E-state index in [1.165, 1.54) is 18.2 Å². The van der Waals surface area contributed by atoms with Gasteiger partial charge in [-0.2, -0.15) is 0 Å². The van der Waals surface area contributed by atoms with Crippen LogP contribution in [0.15, 0.2) is 48.5 Å². The average Bonchev–Trinajstić information content (AvgIpc) is 2.47. The van der Waals surface area contributed by atoms with Gasteiger partial charge in [0, 0.05) is 11.6 Å². The highest BCUT2D eigenvalue weighted by Gasteiger charge is 2.04. The lowest BCUT2D eigenvalue weighted by atomic mass is 10.2. The fourth-order valence-corrected chi connectivity index (χ4v) is 1.90. The van der Waals surface area contributed by atoms with Gasteiger partial charge in [-0.1, -0.05) is 35.9 Å². The van der Waals surface area contributed by atoms with Crippen molar-refractivity contribution >= 4 is 23.6 Å². The molecule has 5 heteroatoms. The summed E-state index contributed by atoms with van der Waals surface area (Å²) < 4.78 is 18.7. The van der Waals surface area contributed by atoms with Crippen molar-refractivity contribution in [3.63, 3.8) is 0 Å². The standard InChI is InChI=1S/C16H12ClFO3/c17-13-9-11(5-7-14(13)18)10-21-15-4-2-1-3-12(15)6-8-16(19)20/h1-9H,10H2,(H,19,20)/b8-6+. The van der Waals surface area contributed by atoms with Gasteiger partial charge in [0.15, 0.2) is 0 Å². The fraction of sp³-hybridized carbons (Fsp3) is 0.0625. The Bertz CT molecular complexity index is 683. The number of rotatable bonds is 5. The molecule has 0 spiro atoms. The first-order chi connectivity index (χ1) is 10.1. The molecule has 2 aromatic rings. The molecular formula is C16H12ClFO3. The molecular weight excluding hydrogens is 295 g/mol. The zero-order valence-electron chi connectivity index (χ0n) is 10.9. The number of benzene rings is 2. The summed E-state index contributed by atoms with van der Waals surface area (Å²) in [6, 6.07) is 11.4. The third kappa shape index (κ3) is 4.33. The third-order valence-corrected chi connectivity index (χ3v) is 2.99. The number of para-hydroxylation sites is 1. The summed E-state index contributed by atoms with van der Waals surface area (Å²) in [4.78, 5) is 10.6. The number of aliphatic carboxylic acids is 1. The summed E-state index contributed by atoms with van der Waals surface area (Å²) in [6.45, 7) is 0.206. The van der Waals surface area contributed by atoms with Crippen molar-refractivity contribution in [3.05, 3.63) is 70.5 Å². The lowest BCUT2D eigenvalue weighted by Crippen LogP contribution is -1.97. The van der Waals surface area contributed by atoms with Crippen LogP contribution in [0.5, 0.6) is 5.75 Å². The van der Waals surface area contributed by atoms with E-state index >= 15 is 0 Å². The quantitative estimate of drug-likeness (QED) is 0.844. The number of hydrogen-bond acceptors (Lipinski definition) is 2. The van der Waals surface area contributed by atoms with Gasteiger partial charge < -0.3 is 9.84 Å². The van der Waals surface area contributed by atoms with Gasteiger partial charge in [-0.3, -0.25) is 0 Å². The van der Waals surface area contributed by atoms with Crippen LogP contribution in [-0.2, 0) is 11.4 Å². The maximum Gasteiger partial charge on any atom is 0.328 e. The van der Waals surface area contributed by atoms with Crippen LogP contribution in [0, 0.1) is 5.82 Å². The van der Waals surface area contributed by atoms with Crippen LogP contribution in [0.4, 0.5) is 4.39 Å². The molecule has 0 unspecified atom stereocenters. The Hall–Kier alpha value is -2.33. The van der Waals surface area contributed by atoms with E-state index < -0.39 is 11.8 Å². The van der Waals surface area contributed by atoms with E-state index in [0.29, 0.717) is 11.3 Å². The van der Waals surface area contributed by atoms with Crippen molar-refractivity contribution in [2.45, 2.75) is 6.61 Å². The van der Waals surface area contributed by atoms with Crippen molar-refractivity contribution in [2.75, 3.05) is 0 Å². The van der Waals surface area contributed by atoms with Gasteiger partial charge in [-0.05, 0) is 29.8 Å². The second kappa shape index (κ2) is 6.90. The SMILES string of the molecule is O=C(O)/C=C/c1ccccc1OCc1ccc(F)c(Cl)c1. The summed E-state index contributed by atoms with van der Waals surface area (Å²) in [5.41, 5.74) is 1.37. The summed E-state index contributed by atoms with van der Waals surface area (Å²) >= 11 is 5.70. The Morgan fingerprint density at radius 3 is 2.76 bits per heavy atom. The summed E-state index contributed by atoms with van der Waals surface area (Å²) in [7, 11) is 0.